The number of thiophene rings is 1. The molecule has 0 bridgehead atoms. The molecule has 1 aromatic carbocycles. The van der Waals surface area contributed by atoms with E-state index in [1.807, 2.05) is 12.1 Å². The van der Waals surface area contributed by atoms with Crippen LogP contribution in [0.1, 0.15) is 66.0 Å². The number of carbonyl (C=O) groups excluding carboxylic acids is 1. The number of benzene rings is 1. The molecule has 1 aliphatic carbocycles. The number of fused-ring (bicyclic) bond motifs is 1. The van der Waals surface area contributed by atoms with Crippen molar-refractivity contribution in [3.8, 4) is 6.07 Å². The molecule has 1 amide bonds. The van der Waals surface area contributed by atoms with Gasteiger partial charge in [-0.2, -0.15) is 5.26 Å². The zero-order chi connectivity index (χ0) is 21.2. The molecule has 0 saturated carbocycles. The molecule has 3 rings (SSSR count). The maximum Gasteiger partial charge on any atom is 0.257 e. The number of hydrogen-bond donors (Lipinski definition) is 2. The number of nitrogens with zero attached hydrogens (tertiary/aromatic N) is 1. The molecule has 0 unspecified atom stereocenters. The normalized spacial score (nSPS) is 15.9. The second-order valence-electron chi connectivity index (χ2n) is 8.58. The first-order chi connectivity index (χ1) is 13.7. The van der Waals surface area contributed by atoms with E-state index < -0.39 is 0 Å². The van der Waals surface area contributed by atoms with Crippen LogP contribution in [0.4, 0.5) is 5.00 Å². The summed E-state index contributed by atoms with van der Waals surface area (Å²) in [6.07, 6.45) is 3.93. The molecule has 29 heavy (non-hydrogen) atoms. The van der Waals surface area contributed by atoms with Crippen molar-refractivity contribution in [2.75, 3.05) is 5.32 Å². The summed E-state index contributed by atoms with van der Waals surface area (Å²) in [5, 5.41) is 16.5. The lowest BCUT2D eigenvalue weighted by Crippen LogP contribution is -2.34. The summed E-state index contributed by atoms with van der Waals surface area (Å²) in [6.45, 7) is 8.90. The molecule has 0 aliphatic heterocycles. The lowest BCUT2D eigenvalue weighted by Gasteiger charge is -2.33. The monoisotopic (exact) mass is 425 g/mol. The molecule has 4 nitrogen and oxygen atoms in total. The van der Waals surface area contributed by atoms with Crippen molar-refractivity contribution in [3.63, 3.8) is 0 Å². The molecule has 0 spiro atoms. The molecule has 1 atom stereocenters. The van der Waals surface area contributed by atoms with E-state index in [1.165, 1.54) is 10.4 Å². The fourth-order valence-electron chi connectivity index (χ4n) is 3.73. The minimum Gasteiger partial charge on any atom is -0.323 e. The predicted molar refractivity (Wildman–Crippen MR) is 124 cm³/mol. The van der Waals surface area contributed by atoms with E-state index >= 15 is 0 Å². The third-order valence-corrected chi connectivity index (χ3v) is 7.05. The molecule has 152 valence electrons. The highest BCUT2D eigenvalue weighted by Gasteiger charge is 2.32. The smallest absolute Gasteiger partial charge is 0.257 e. The van der Waals surface area contributed by atoms with Gasteiger partial charge in [-0.1, -0.05) is 39.8 Å². The highest BCUT2D eigenvalue weighted by molar-refractivity contribution is 7.80. The molecule has 1 aliphatic rings. The van der Waals surface area contributed by atoms with Crippen LogP contribution in [-0.4, -0.2) is 11.0 Å². The molecule has 0 fully saturated rings. The Hall–Kier alpha value is -2.23. The molecular formula is C23H27N3OS2. The van der Waals surface area contributed by atoms with Crippen molar-refractivity contribution in [2.24, 2.45) is 11.3 Å². The first kappa shape index (κ1) is 21.5. The number of aryl methyl sites for hydroxylation is 1. The summed E-state index contributed by atoms with van der Waals surface area (Å²) in [7, 11) is 0. The van der Waals surface area contributed by atoms with Crippen LogP contribution >= 0.6 is 23.6 Å². The average molecular weight is 426 g/mol. The average Bonchev–Trinajstić information content (AvgIpc) is 3.03. The summed E-state index contributed by atoms with van der Waals surface area (Å²) in [5.41, 5.74) is 3.80. The highest BCUT2D eigenvalue weighted by atomic mass is 32.1. The minimum atomic E-state index is -0.252. The van der Waals surface area contributed by atoms with Crippen LogP contribution in [0, 0.1) is 22.7 Å². The second-order valence-corrected chi connectivity index (χ2v) is 10.1. The Balaban J connectivity index is 1.71. The van der Waals surface area contributed by atoms with Crippen molar-refractivity contribution in [2.45, 2.75) is 53.4 Å². The summed E-state index contributed by atoms with van der Waals surface area (Å²) in [4.78, 5) is 13.7. The molecule has 2 aromatic rings. The van der Waals surface area contributed by atoms with E-state index in [9.17, 15) is 10.1 Å². The van der Waals surface area contributed by atoms with Crippen molar-refractivity contribution in [1.29, 1.82) is 5.26 Å². The topological polar surface area (TPSA) is 64.9 Å². The van der Waals surface area contributed by atoms with E-state index in [2.05, 4.69) is 44.4 Å². The molecule has 1 aromatic heterocycles. The maximum absolute atomic E-state index is 12.4. The summed E-state index contributed by atoms with van der Waals surface area (Å²) >= 11 is 6.94. The van der Waals surface area contributed by atoms with Gasteiger partial charge in [-0.15, -0.1) is 11.3 Å². The summed E-state index contributed by atoms with van der Waals surface area (Å²) in [5.74, 6) is 0.351. The Labute approximate surface area is 182 Å². The van der Waals surface area contributed by atoms with Crippen LogP contribution in [0.5, 0.6) is 0 Å². The quantitative estimate of drug-likeness (QED) is 0.641. The zero-order valence-corrected chi connectivity index (χ0v) is 19.0. The van der Waals surface area contributed by atoms with E-state index in [1.54, 1.807) is 23.5 Å². The minimum absolute atomic E-state index is 0.219. The van der Waals surface area contributed by atoms with Crippen molar-refractivity contribution in [3.05, 3.63) is 51.4 Å². The van der Waals surface area contributed by atoms with E-state index in [0.29, 0.717) is 17.0 Å². The lowest BCUT2D eigenvalue weighted by molar-refractivity contribution is 0.0977. The Morgan fingerprint density at radius 2 is 2.00 bits per heavy atom. The molecule has 6 heteroatoms. The number of amides is 1. The molecule has 0 saturated heterocycles. The first-order valence-corrected chi connectivity index (χ1v) is 11.2. The van der Waals surface area contributed by atoms with Gasteiger partial charge >= 0.3 is 0 Å². The van der Waals surface area contributed by atoms with Gasteiger partial charge in [0.05, 0.1) is 5.56 Å². The Morgan fingerprint density at radius 3 is 2.59 bits per heavy atom. The van der Waals surface area contributed by atoms with Gasteiger partial charge in [-0.05, 0) is 72.5 Å². The van der Waals surface area contributed by atoms with E-state index in [0.717, 1.165) is 36.2 Å². The van der Waals surface area contributed by atoms with Gasteiger partial charge in [-0.25, -0.2) is 0 Å². The summed E-state index contributed by atoms with van der Waals surface area (Å²) < 4.78 is 0. The first-order valence-electron chi connectivity index (χ1n) is 9.98. The number of rotatable bonds is 3. The van der Waals surface area contributed by atoms with Gasteiger partial charge in [0.1, 0.15) is 11.1 Å². The maximum atomic E-state index is 12.4. The van der Waals surface area contributed by atoms with Crippen LogP contribution in [0.3, 0.4) is 0 Å². The van der Waals surface area contributed by atoms with Crippen molar-refractivity contribution < 1.29 is 4.79 Å². The Kier molecular flexibility index (Phi) is 6.40. The van der Waals surface area contributed by atoms with Gasteiger partial charge in [0.25, 0.3) is 5.91 Å². The SMILES string of the molecule is CCc1ccc(C(=O)NC(=S)Nc2sc3c(c2C#N)CC[C@@H](C(C)(C)C)C3)cc1. The van der Waals surface area contributed by atoms with Gasteiger partial charge in [0, 0.05) is 10.4 Å². The number of nitriles is 1. The predicted octanol–water partition coefficient (Wildman–Crippen LogP) is 5.46. The van der Waals surface area contributed by atoms with Crippen LogP contribution in [-0.2, 0) is 19.3 Å². The fraction of sp³-hybridized carbons (Fsp3) is 0.435. The van der Waals surface area contributed by atoms with Crippen molar-refractivity contribution >= 4 is 39.6 Å². The van der Waals surface area contributed by atoms with Gasteiger partial charge in [0.15, 0.2) is 5.11 Å². The highest BCUT2D eigenvalue weighted by Crippen LogP contribution is 2.43. The van der Waals surface area contributed by atoms with Crippen molar-refractivity contribution in [1.82, 2.24) is 5.32 Å². The summed E-state index contributed by atoms with van der Waals surface area (Å²) in [6, 6.07) is 9.82. The van der Waals surface area contributed by atoms with E-state index in [-0.39, 0.29) is 16.4 Å². The van der Waals surface area contributed by atoms with Gasteiger partial charge in [0.2, 0.25) is 0 Å². The van der Waals surface area contributed by atoms with Crippen LogP contribution in [0.25, 0.3) is 0 Å². The second kappa shape index (κ2) is 8.64. The standard InChI is InChI=1S/C23H27N3OS2/c1-5-14-6-8-15(9-7-14)20(27)25-22(28)26-21-18(13-24)17-11-10-16(23(2,3)4)12-19(17)29-21/h6-9,16H,5,10-12H2,1-4H3,(H2,25,26,27,28)/t16-/m1/s1. The van der Waals surface area contributed by atoms with Gasteiger partial charge < -0.3 is 5.32 Å². The van der Waals surface area contributed by atoms with Gasteiger partial charge in [-0.3, -0.25) is 10.1 Å². The number of carbonyl (C=O) groups is 1. The zero-order valence-electron chi connectivity index (χ0n) is 17.4. The largest absolute Gasteiger partial charge is 0.323 e. The molecular weight excluding hydrogens is 398 g/mol. The molecule has 1 heterocycles. The third-order valence-electron chi connectivity index (χ3n) is 5.68. The van der Waals surface area contributed by atoms with Crippen LogP contribution in [0.15, 0.2) is 24.3 Å². The number of hydrogen-bond acceptors (Lipinski definition) is 4. The van der Waals surface area contributed by atoms with E-state index in [4.69, 9.17) is 12.2 Å². The fourth-order valence-corrected chi connectivity index (χ4v) is 5.27. The molecule has 0 radical (unpaired) electrons. The number of thiocarbonyl (C=S) groups is 1. The Bertz CT molecular complexity index is 962. The number of nitrogens with one attached hydrogen (secondary N) is 2. The van der Waals surface area contributed by atoms with Crippen LogP contribution < -0.4 is 10.6 Å². The Morgan fingerprint density at radius 1 is 1.31 bits per heavy atom. The third kappa shape index (κ3) is 4.85. The number of anilines is 1. The molecule has 2 N–H and O–H groups in total. The lowest BCUT2D eigenvalue weighted by atomic mass is 9.72. The van der Waals surface area contributed by atoms with Crippen LogP contribution in [0.2, 0.25) is 0 Å².